The van der Waals surface area contributed by atoms with Gasteiger partial charge in [0.15, 0.2) is 0 Å². The number of rotatable bonds is 6. The lowest BCUT2D eigenvalue weighted by molar-refractivity contribution is -0.143. The Balaban J connectivity index is 2.32. The highest BCUT2D eigenvalue weighted by Gasteiger charge is 2.13. The van der Waals surface area contributed by atoms with E-state index in [9.17, 15) is 14.4 Å². The van der Waals surface area contributed by atoms with E-state index < -0.39 is 5.97 Å². The quantitative estimate of drug-likeness (QED) is 0.855. The zero-order valence-electron chi connectivity index (χ0n) is 10.5. The van der Waals surface area contributed by atoms with Gasteiger partial charge in [0.2, 0.25) is 11.0 Å². The van der Waals surface area contributed by atoms with Gasteiger partial charge in [-0.1, -0.05) is 42.1 Å². The predicted octanol–water partition coefficient (Wildman–Crippen LogP) is 1.49. The monoisotopic (exact) mass is 281 g/mol. The van der Waals surface area contributed by atoms with Gasteiger partial charge in [-0.3, -0.25) is 14.4 Å². The van der Waals surface area contributed by atoms with E-state index >= 15 is 0 Å². The molecule has 1 aromatic carbocycles. The summed E-state index contributed by atoms with van der Waals surface area (Å²) in [5, 5.41) is 8.45. The molecule has 0 spiro atoms. The van der Waals surface area contributed by atoms with Crippen molar-refractivity contribution in [1.82, 2.24) is 4.90 Å². The van der Waals surface area contributed by atoms with E-state index in [4.69, 9.17) is 5.11 Å². The molecule has 0 aromatic heterocycles. The van der Waals surface area contributed by atoms with Crippen LogP contribution in [0.4, 0.5) is 0 Å². The summed E-state index contributed by atoms with van der Waals surface area (Å²) in [4.78, 5) is 34.8. The zero-order chi connectivity index (χ0) is 14.3. The molecule has 0 radical (unpaired) electrons. The molecule has 6 heteroatoms. The third-order valence-corrected chi connectivity index (χ3v) is 3.26. The van der Waals surface area contributed by atoms with Crippen molar-refractivity contribution < 1.29 is 19.5 Å². The molecule has 1 N–H and O–H groups in total. The lowest BCUT2D eigenvalue weighted by Crippen LogP contribution is -2.32. The number of nitrogens with zero attached hydrogens (tertiary/aromatic N) is 1. The Morgan fingerprint density at radius 1 is 1.21 bits per heavy atom. The highest BCUT2D eigenvalue weighted by Crippen LogP contribution is 2.13. The summed E-state index contributed by atoms with van der Waals surface area (Å²) in [6, 6.07) is 8.81. The molecule has 1 rings (SSSR count). The van der Waals surface area contributed by atoms with Crippen molar-refractivity contribution in [3.8, 4) is 0 Å². The molecule has 102 valence electrons. The van der Waals surface area contributed by atoms with Gasteiger partial charge in [-0.15, -0.1) is 0 Å². The van der Waals surface area contributed by atoms with Crippen molar-refractivity contribution in [2.75, 3.05) is 19.3 Å². The fourth-order valence-electron chi connectivity index (χ4n) is 1.37. The molecule has 0 aliphatic carbocycles. The Bertz CT molecular complexity index is 461. The van der Waals surface area contributed by atoms with E-state index in [1.807, 2.05) is 6.07 Å². The summed E-state index contributed by atoms with van der Waals surface area (Å²) in [5.74, 6) is -0.990. The van der Waals surface area contributed by atoms with Crippen molar-refractivity contribution in [3.63, 3.8) is 0 Å². The molecule has 5 nitrogen and oxygen atoms in total. The first kappa shape index (κ1) is 15.2. The molecule has 0 bridgehead atoms. The molecule has 0 aliphatic rings. The maximum Gasteiger partial charge on any atom is 0.323 e. The fraction of sp³-hybridized carbons (Fsp3) is 0.308. The Labute approximate surface area is 115 Å². The molecule has 1 amide bonds. The Morgan fingerprint density at radius 3 is 2.42 bits per heavy atom. The number of hydrogen-bond donors (Lipinski definition) is 1. The van der Waals surface area contributed by atoms with Crippen LogP contribution in [-0.4, -0.2) is 46.3 Å². The van der Waals surface area contributed by atoms with Crippen LogP contribution in [0.2, 0.25) is 0 Å². The molecule has 0 aliphatic heterocycles. The smallest absolute Gasteiger partial charge is 0.323 e. The molecule has 0 saturated heterocycles. The minimum atomic E-state index is -1.05. The lowest BCUT2D eigenvalue weighted by atomic mass is 10.2. The summed E-state index contributed by atoms with van der Waals surface area (Å²) in [5.41, 5.74) is 0.596. The molecule has 19 heavy (non-hydrogen) atoms. The number of carboxylic acid groups (broad SMARTS) is 1. The maximum atomic E-state index is 11.7. The standard InChI is InChI=1S/C13H15NO4S/c1-14(9-12(16)17)11(15)7-8-19-13(18)10-5-3-2-4-6-10/h2-6H,7-9H2,1H3,(H,16,17). The zero-order valence-corrected chi connectivity index (χ0v) is 11.4. The second-order valence-corrected chi connectivity index (χ2v) is 4.96. The highest BCUT2D eigenvalue weighted by atomic mass is 32.2. The Hall–Kier alpha value is -1.82. The molecule has 0 atom stereocenters. The van der Waals surface area contributed by atoms with Crippen LogP contribution < -0.4 is 0 Å². The third-order valence-electron chi connectivity index (χ3n) is 2.36. The number of likely N-dealkylation sites (N-methyl/N-ethyl adjacent to an activating group) is 1. The number of aliphatic carboxylic acids is 1. The van der Waals surface area contributed by atoms with E-state index in [-0.39, 0.29) is 24.0 Å². The predicted molar refractivity (Wildman–Crippen MR) is 73.1 cm³/mol. The number of benzene rings is 1. The molecule has 1 aromatic rings. The molecular formula is C13H15NO4S. The summed E-state index contributed by atoms with van der Waals surface area (Å²) >= 11 is 1.06. The Morgan fingerprint density at radius 2 is 1.84 bits per heavy atom. The fourth-order valence-corrected chi connectivity index (χ4v) is 2.14. The first-order valence-corrected chi connectivity index (χ1v) is 6.67. The summed E-state index contributed by atoms with van der Waals surface area (Å²) in [7, 11) is 1.43. The normalized spacial score (nSPS) is 9.95. The average molecular weight is 281 g/mol. The van der Waals surface area contributed by atoms with Gasteiger partial charge in [0.05, 0.1) is 0 Å². The van der Waals surface area contributed by atoms with E-state index in [0.29, 0.717) is 11.3 Å². The van der Waals surface area contributed by atoms with Gasteiger partial charge in [-0.25, -0.2) is 0 Å². The number of carbonyl (C=O) groups is 3. The number of carbonyl (C=O) groups excluding carboxylic acids is 2. The first-order chi connectivity index (χ1) is 9.00. The van der Waals surface area contributed by atoms with Crippen LogP contribution in [0.3, 0.4) is 0 Å². The van der Waals surface area contributed by atoms with E-state index in [0.717, 1.165) is 16.7 Å². The van der Waals surface area contributed by atoms with Crippen LogP contribution in [0.25, 0.3) is 0 Å². The van der Waals surface area contributed by atoms with Crippen LogP contribution in [0, 0.1) is 0 Å². The molecule has 0 unspecified atom stereocenters. The summed E-state index contributed by atoms with van der Waals surface area (Å²) in [6.07, 6.45) is 0.146. The van der Waals surface area contributed by atoms with Crippen molar-refractivity contribution in [3.05, 3.63) is 35.9 Å². The van der Waals surface area contributed by atoms with Crippen molar-refractivity contribution >= 4 is 28.8 Å². The van der Waals surface area contributed by atoms with Crippen LogP contribution in [-0.2, 0) is 9.59 Å². The first-order valence-electron chi connectivity index (χ1n) is 5.68. The van der Waals surface area contributed by atoms with E-state index in [1.165, 1.54) is 7.05 Å². The largest absolute Gasteiger partial charge is 0.480 e. The minimum Gasteiger partial charge on any atom is -0.480 e. The van der Waals surface area contributed by atoms with Gasteiger partial charge in [0, 0.05) is 24.8 Å². The molecule has 0 heterocycles. The Kier molecular flexibility index (Phi) is 6.08. The van der Waals surface area contributed by atoms with Gasteiger partial charge < -0.3 is 10.0 Å². The molecular weight excluding hydrogens is 266 g/mol. The second-order valence-electron chi connectivity index (χ2n) is 3.90. The topological polar surface area (TPSA) is 74.7 Å². The van der Waals surface area contributed by atoms with Crippen LogP contribution >= 0.6 is 11.8 Å². The highest BCUT2D eigenvalue weighted by molar-refractivity contribution is 8.14. The SMILES string of the molecule is CN(CC(=O)O)C(=O)CCSC(=O)c1ccccc1. The number of amides is 1. The summed E-state index contributed by atoms with van der Waals surface area (Å²) < 4.78 is 0. The maximum absolute atomic E-state index is 11.7. The number of thioether (sulfide) groups is 1. The van der Waals surface area contributed by atoms with Crippen molar-refractivity contribution in [2.24, 2.45) is 0 Å². The average Bonchev–Trinajstić information content (AvgIpc) is 2.38. The third kappa shape index (κ3) is 5.56. The van der Waals surface area contributed by atoms with Gasteiger partial charge in [-0.05, 0) is 0 Å². The number of carboxylic acids is 1. The molecule has 0 fully saturated rings. The van der Waals surface area contributed by atoms with Crippen LogP contribution in [0.5, 0.6) is 0 Å². The van der Waals surface area contributed by atoms with E-state index in [2.05, 4.69) is 0 Å². The van der Waals surface area contributed by atoms with Crippen molar-refractivity contribution in [2.45, 2.75) is 6.42 Å². The van der Waals surface area contributed by atoms with Gasteiger partial charge in [0.1, 0.15) is 6.54 Å². The van der Waals surface area contributed by atoms with Gasteiger partial charge in [0.25, 0.3) is 0 Å². The summed E-state index contributed by atoms with van der Waals surface area (Å²) in [6.45, 7) is -0.323. The minimum absolute atomic E-state index is 0.0886. The van der Waals surface area contributed by atoms with Crippen molar-refractivity contribution in [1.29, 1.82) is 0 Å². The van der Waals surface area contributed by atoms with Crippen LogP contribution in [0.1, 0.15) is 16.8 Å². The molecule has 0 saturated carbocycles. The number of hydrogen-bond acceptors (Lipinski definition) is 4. The van der Waals surface area contributed by atoms with Gasteiger partial charge >= 0.3 is 5.97 Å². The van der Waals surface area contributed by atoms with Gasteiger partial charge in [-0.2, -0.15) is 0 Å². The second kappa shape index (κ2) is 7.58. The van der Waals surface area contributed by atoms with Crippen LogP contribution in [0.15, 0.2) is 30.3 Å². The van der Waals surface area contributed by atoms with E-state index in [1.54, 1.807) is 24.3 Å². The lowest BCUT2D eigenvalue weighted by Gasteiger charge is -2.13.